The topological polar surface area (TPSA) is 32.3 Å². The zero-order valence-electron chi connectivity index (χ0n) is 4.94. The molecule has 2 N–H and O–H groups in total. The molecule has 2 nitrogen and oxygen atoms in total. The van der Waals surface area contributed by atoms with Gasteiger partial charge >= 0.3 is 0 Å². The van der Waals surface area contributed by atoms with Gasteiger partial charge in [0.2, 0.25) is 0 Å². The monoisotopic (exact) mass is 221 g/mol. The molecule has 10 heavy (non-hydrogen) atoms. The summed E-state index contributed by atoms with van der Waals surface area (Å²) < 4.78 is 0.623. The van der Waals surface area contributed by atoms with Gasteiger partial charge in [0.25, 0.3) is 0 Å². The van der Waals surface area contributed by atoms with Crippen molar-refractivity contribution in [1.29, 1.82) is 0 Å². The molecule has 0 aromatic heterocycles. The SMILES string of the molecule is Oc1c(Br)cccc1NCl. The third kappa shape index (κ3) is 1.36. The Morgan fingerprint density at radius 3 is 2.70 bits per heavy atom. The Morgan fingerprint density at radius 1 is 1.50 bits per heavy atom. The Labute approximate surface area is 72.1 Å². The van der Waals surface area contributed by atoms with E-state index in [1.165, 1.54) is 0 Å². The lowest BCUT2D eigenvalue weighted by molar-refractivity contribution is 0.474. The van der Waals surface area contributed by atoms with Crippen LogP contribution in [0.25, 0.3) is 0 Å². The third-order valence-corrected chi connectivity index (χ3v) is 1.93. The summed E-state index contributed by atoms with van der Waals surface area (Å²) in [5.74, 6) is 0.123. The van der Waals surface area contributed by atoms with E-state index in [2.05, 4.69) is 20.8 Å². The molecule has 0 aliphatic heterocycles. The molecule has 4 heteroatoms. The van der Waals surface area contributed by atoms with E-state index in [-0.39, 0.29) is 5.75 Å². The van der Waals surface area contributed by atoms with Gasteiger partial charge in [0.05, 0.1) is 10.2 Å². The Hall–Kier alpha value is -0.410. The zero-order chi connectivity index (χ0) is 7.56. The van der Waals surface area contributed by atoms with Crippen molar-refractivity contribution >= 4 is 33.4 Å². The molecule has 0 atom stereocenters. The van der Waals surface area contributed by atoms with Gasteiger partial charge in [0.1, 0.15) is 0 Å². The molecule has 0 aliphatic rings. The summed E-state index contributed by atoms with van der Waals surface area (Å²) in [6, 6.07) is 5.18. The molecular weight excluding hydrogens is 217 g/mol. The van der Waals surface area contributed by atoms with Gasteiger partial charge in [-0.1, -0.05) is 6.07 Å². The summed E-state index contributed by atoms with van der Waals surface area (Å²) in [6.45, 7) is 0. The first kappa shape index (κ1) is 7.69. The maximum Gasteiger partial charge on any atom is 0.154 e. The fraction of sp³-hybridized carbons (Fsp3) is 0. The first-order chi connectivity index (χ1) is 4.75. The number of hydrogen-bond donors (Lipinski definition) is 2. The largest absolute Gasteiger partial charge is 0.505 e. The molecule has 0 spiro atoms. The van der Waals surface area contributed by atoms with Gasteiger partial charge in [-0.15, -0.1) is 0 Å². The number of anilines is 1. The Balaban J connectivity index is 3.14. The Bertz CT molecular complexity index is 241. The van der Waals surface area contributed by atoms with Gasteiger partial charge in [-0.2, -0.15) is 0 Å². The van der Waals surface area contributed by atoms with E-state index in [0.29, 0.717) is 10.2 Å². The molecule has 54 valence electrons. The summed E-state index contributed by atoms with van der Waals surface area (Å²) >= 11 is 8.41. The number of phenols is 1. The van der Waals surface area contributed by atoms with Crippen LogP contribution in [-0.2, 0) is 0 Å². The molecule has 0 amide bonds. The number of benzene rings is 1. The summed E-state index contributed by atoms with van der Waals surface area (Å²) in [4.78, 5) is 2.33. The number of aromatic hydroxyl groups is 1. The molecule has 0 bridgehead atoms. The Kier molecular flexibility index (Phi) is 2.40. The van der Waals surface area contributed by atoms with E-state index in [1.807, 2.05) is 0 Å². The summed E-state index contributed by atoms with van der Waals surface area (Å²) in [7, 11) is 0. The predicted molar refractivity (Wildman–Crippen MR) is 45.3 cm³/mol. The van der Waals surface area contributed by atoms with Crippen LogP contribution in [0.5, 0.6) is 5.75 Å². The van der Waals surface area contributed by atoms with E-state index < -0.39 is 0 Å². The van der Waals surface area contributed by atoms with Crippen LogP contribution >= 0.6 is 27.7 Å². The van der Waals surface area contributed by atoms with Crippen molar-refractivity contribution < 1.29 is 5.11 Å². The van der Waals surface area contributed by atoms with Crippen LogP contribution in [0.2, 0.25) is 0 Å². The second-order valence-corrected chi connectivity index (χ2v) is 2.77. The normalized spacial score (nSPS) is 9.40. The van der Waals surface area contributed by atoms with Gasteiger partial charge < -0.3 is 5.11 Å². The summed E-state index contributed by atoms with van der Waals surface area (Å²) in [5.41, 5.74) is 0.496. The molecule has 1 rings (SSSR count). The number of nitrogens with one attached hydrogen (secondary N) is 1. The molecule has 0 radical (unpaired) electrons. The third-order valence-electron chi connectivity index (χ3n) is 1.09. The van der Waals surface area contributed by atoms with Crippen LogP contribution in [0.15, 0.2) is 22.7 Å². The van der Waals surface area contributed by atoms with E-state index in [1.54, 1.807) is 18.2 Å². The van der Waals surface area contributed by atoms with Crippen molar-refractivity contribution in [3.05, 3.63) is 22.7 Å². The van der Waals surface area contributed by atoms with Gasteiger partial charge in [0.15, 0.2) is 5.75 Å². The summed E-state index contributed by atoms with van der Waals surface area (Å²) in [6.07, 6.45) is 0. The molecule has 0 saturated heterocycles. The van der Waals surface area contributed by atoms with Crippen molar-refractivity contribution in [2.75, 3.05) is 4.84 Å². The first-order valence-corrected chi connectivity index (χ1v) is 3.77. The van der Waals surface area contributed by atoms with Gasteiger partial charge in [-0.05, 0) is 28.1 Å². The molecule has 1 aromatic carbocycles. The van der Waals surface area contributed by atoms with Crippen molar-refractivity contribution in [1.82, 2.24) is 0 Å². The maximum atomic E-state index is 9.20. The van der Waals surface area contributed by atoms with Crippen molar-refractivity contribution in [2.24, 2.45) is 0 Å². The minimum atomic E-state index is 0.123. The average molecular weight is 222 g/mol. The molecule has 0 heterocycles. The van der Waals surface area contributed by atoms with Crippen molar-refractivity contribution in [3.63, 3.8) is 0 Å². The molecule has 0 aliphatic carbocycles. The number of phenolic OH excluding ortho intramolecular Hbond substituents is 1. The number of rotatable bonds is 1. The van der Waals surface area contributed by atoms with Crippen LogP contribution in [0.3, 0.4) is 0 Å². The smallest absolute Gasteiger partial charge is 0.154 e. The summed E-state index contributed by atoms with van der Waals surface area (Å²) in [5, 5.41) is 9.20. The quantitative estimate of drug-likeness (QED) is 0.566. The highest BCUT2D eigenvalue weighted by Crippen LogP contribution is 2.31. The van der Waals surface area contributed by atoms with Crippen LogP contribution < -0.4 is 4.84 Å². The van der Waals surface area contributed by atoms with E-state index in [4.69, 9.17) is 11.8 Å². The highest BCUT2D eigenvalue weighted by atomic mass is 79.9. The van der Waals surface area contributed by atoms with Crippen molar-refractivity contribution in [2.45, 2.75) is 0 Å². The first-order valence-electron chi connectivity index (χ1n) is 2.60. The van der Waals surface area contributed by atoms with Crippen molar-refractivity contribution in [3.8, 4) is 5.75 Å². The predicted octanol–water partition coefficient (Wildman–Crippen LogP) is 2.72. The number of hydrogen-bond acceptors (Lipinski definition) is 2. The van der Waals surface area contributed by atoms with Crippen LogP contribution in [0.1, 0.15) is 0 Å². The second kappa shape index (κ2) is 3.12. The van der Waals surface area contributed by atoms with Crippen LogP contribution in [0, 0.1) is 0 Å². The molecule has 0 fully saturated rings. The number of halogens is 2. The molecule has 1 aromatic rings. The molecule has 0 unspecified atom stereocenters. The fourth-order valence-corrected chi connectivity index (χ4v) is 1.11. The van der Waals surface area contributed by atoms with E-state index in [0.717, 1.165) is 0 Å². The average Bonchev–Trinajstić information content (AvgIpc) is 1.95. The van der Waals surface area contributed by atoms with Crippen LogP contribution in [0.4, 0.5) is 5.69 Å². The second-order valence-electron chi connectivity index (χ2n) is 1.73. The molecular formula is C6H5BrClNO. The highest BCUT2D eigenvalue weighted by molar-refractivity contribution is 9.10. The van der Waals surface area contributed by atoms with Gasteiger partial charge in [0, 0.05) is 11.8 Å². The van der Waals surface area contributed by atoms with E-state index >= 15 is 0 Å². The lowest BCUT2D eigenvalue weighted by Crippen LogP contribution is -1.80. The fourth-order valence-electron chi connectivity index (χ4n) is 0.592. The lowest BCUT2D eigenvalue weighted by atomic mass is 10.3. The van der Waals surface area contributed by atoms with Gasteiger partial charge in [-0.25, -0.2) is 0 Å². The van der Waals surface area contributed by atoms with Gasteiger partial charge in [-0.3, -0.25) is 4.84 Å². The van der Waals surface area contributed by atoms with Crippen LogP contribution in [-0.4, -0.2) is 5.11 Å². The lowest BCUT2D eigenvalue weighted by Gasteiger charge is -2.01. The number of para-hydroxylation sites is 1. The zero-order valence-corrected chi connectivity index (χ0v) is 7.28. The Morgan fingerprint density at radius 2 is 2.20 bits per heavy atom. The minimum Gasteiger partial charge on any atom is -0.505 e. The highest BCUT2D eigenvalue weighted by Gasteiger charge is 2.01. The molecule has 0 saturated carbocycles. The standard InChI is InChI=1S/C6H5BrClNO/c7-4-2-1-3-5(9-8)6(4)10/h1-3,9-10H. The van der Waals surface area contributed by atoms with E-state index in [9.17, 15) is 5.11 Å². The minimum absolute atomic E-state index is 0.123. The maximum absolute atomic E-state index is 9.20.